The van der Waals surface area contributed by atoms with Crippen LogP contribution in [0.25, 0.3) is 0 Å². The number of nitrogens with two attached hydrogens (primary N) is 2. The van der Waals surface area contributed by atoms with Gasteiger partial charge in [0.05, 0.1) is 35.5 Å². The number of rotatable bonds is 12. The van der Waals surface area contributed by atoms with E-state index in [9.17, 15) is 9.59 Å². The number of nitrogens with one attached hydrogen (secondary N) is 1. The van der Waals surface area contributed by atoms with Crippen LogP contribution in [0, 0.1) is 0 Å². The Bertz CT molecular complexity index is 1550. The molecule has 13 nitrogen and oxygen atoms in total. The molecule has 45 heavy (non-hydrogen) atoms. The van der Waals surface area contributed by atoms with E-state index in [1.54, 1.807) is 57.7 Å². The Kier molecular flexibility index (Phi) is 11.1. The number of methoxy groups -OCH3 is 5. The highest BCUT2D eigenvalue weighted by atomic mass is 16.5. The van der Waals surface area contributed by atoms with Crippen LogP contribution >= 0.6 is 0 Å². The average molecular weight is 621 g/mol. The minimum atomic E-state index is -0.609. The van der Waals surface area contributed by atoms with Gasteiger partial charge in [0.15, 0.2) is 29.0 Å². The SMILES string of the molecule is COc1ccc(C(=O)Nc2cc(C(=O)N=C(N)N)ccc2CN2CCN(Cc3ccc(OC)c(OC)c3OC)CC2)cc1OC. The van der Waals surface area contributed by atoms with Crippen molar-refractivity contribution in [3.05, 3.63) is 70.8 Å². The normalized spacial score (nSPS) is 13.4. The van der Waals surface area contributed by atoms with E-state index in [4.69, 9.17) is 35.2 Å². The molecule has 5 N–H and O–H groups in total. The number of anilines is 1. The van der Waals surface area contributed by atoms with E-state index < -0.39 is 5.91 Å². The highest BCUT2D eigenvalue weighted by Crippen LogP contribution is 2.40. The molecule has 0 radical (unpaired) electrons. The number of nitrogens with zero attached hydrogens (tertiary/aromatic N) is 3. The van der Waals surface area contributed by atoms with Crippen LogP contribution in [0.1, 0.15) is 31.8 Å². The van der Waals surface area contributed by atoms with Crippen molar-refractivity contribution in [1.29, 1.82) is 0 Å². The zero-order valence-electron chi connectivity index (χ0n) is 26.2. The summed E-state index contributed by atoms with van der Waals surface area (Å²) in [5.41, 5.74) is 13.8. The molecule has 3 aromatic rings. The molecule has 1 saturated heterocycles. The number of hydrogen-bond donors (Lipinski definition) is 3. The number of hydrogen-bond acceptors (Lipinski definition) is 9. The van der Waals surface area contributed by atoms with Gasteiger partial charge in [-0.05, 0) is 42.0 Å². The summed E-state index contributed by atoms with van der Waals surface area (Å²) in [5, 5.41) is 2.96. The van der Waals surface area contributed by atoms with E-state index >= 15 is 0 Å². The third kappa shape index (κ3) is 7.94. The molecular weight excluding hydrogens is 580 g/mol. The van der Waals surface area contributed by atoms with Crippen molar-refractivity contribution in [2.45, 2.75) is 13.1 Å². The van der Waals surface area contributed by atoms with Crippen molar-refractivity contribution in [1.82, 2.24) is 9.80 Å². The number of ether oxygens (including phenoxy) is 5. The Hall–Kier alpha value is -5.01. The molecule has 3 aromatic carbocycles. The second-order valence-corrected chi connectivity index (χ2v) is 10.3. The first-order valence-electron chi connectivity index (χ1n) is 14.2. The first-order valence-corrected chi connectivity index (χ1v) is 14.2. The Labute approximate surface area is 262 Å². The highest BCUT2D eigenvalue weighted by Gasteiger charge is 2.23. The predicted molar refractivity (Wildman–Crippen MR) is 171 cm³/mol. The van der Waals surface area contributed by atoms with Crippen molar-refractivity contribution < 1.29 is 33.3 Å². The lowest BCUT2D eigenvalue weighted by molar-refractivity contribution is 0.0997. The van der Waals surface area contributed by atoms with Crippen molar-refractivity contribution in [3.8, 4) is 28.7 Å². The number of benzene rings is 3. The Morgan fingerprint density at radius 2 is 1.24 bits per heavy atom. The van der Waals surface area contributed by atoms with Gasteiger partial charge in [0, 0.05) is 61.6 Å². The maximum absolute atomic E-state index is 13.3. The van der Waals surface area contributed by atoms with E-state index in [0.29, 0.717) is 53.1 Å². The van der Waals surface area contributed by atoms with Gasteiger partial charge in [-0.2, -0.15) is 4.99 Å². The topological polar surface area (TPSA) is 163 Å². The minimum Gasteiger partial charge on any atom is -0.493 e. The summed E-state index contributed by atoms with van der Waals surface area (Å²) in [5.74, 6) is 1.44. The fraction of sp³-hybridized carbons (Fsp3) is 0.344. The second kappa shape index (κ2) is 15.1. The number of carbonyl (C=O) groups excluding carboxylic acids is 2. The largest absolute Gasteiger partial charge is 0.493 e. The Morgan fingerprint density at radius 1 is 0.689 bits per heavy atom. The highest BCUT2D eigenvalue weighted by molar-refractivity contribution is 6.07. The van der Waals surface area contributed by atoms with Gasteiger partial charge < -0.3 is 40.5 Å². The molecule has 1 aliphatic heterocycles. The third-order valence-corrected chi connectivity index (χ3v) is 7.52. The number of piperazine rings is 1. The summed E-state index contributed by atoms with van der Waals surface area (Å²) < 4.78 is 27.3. The van der Waals surface area contributed by atoms with Gasteiger partial charge in [-0.15, -0.1) is 0 Å². The molecule has 0 aliphatic carbocycles. The zero-order valence-corrected chi connectivity index (χ0v) is 26.2. The van der Waals surface area contributed by atoms with Crippen molar-refractivity contribution in [3.63, 3.8) is 0 Å². The van der Waals surface area contributed by atoms with Gasteiger partial charge in [-0.25, -0.2) is 0 Å². The lowest BCUT2D eigenvalue weighted by Gasteiger charge is -2.35. The van der Waals surface area contributed by atoms with Crippen LogP contribution in [0.4, 0.5) is 5.69 Å². The maximum atomic E-state index is 13.3. The van der Waals surface area contributed by atoms with Crippen LogP contribution in [-0.2, 0) is 13.1 Å². The molecule has 240 valence electrons. The quantitative estimate of drug-likeness (QED) is 0.202. The third-order valence-electron chi connectivity index (χ3n) is 7.52. The molecule has 1 fully saturated rings. The molecule has 2 amide bonds. The maximum Gasteiger partial charge on any atom is 0.280 e. The lowest BCUT2D eigenvalue weighted by atomic mass is 10.1. The van der Waals surface area contributed by atoms with E-state index in [1.165, 1.54) is 14.2 Å². The summed E-state index contributed by atoms with van der Waals surface area (Å²) in [4.78, 5) is 34.2. The number of guanidine groups is 1. The van der Waals surface area contributed by atoms with E-state index in [-0.39, 0.29) is 17.4 Å². The molecular formula is C32H40N6O7. The molecule has 0 atom stereocenters. The Balaban J connectivity index is 1.50. The van der Waals surface area contributed by atoms with Gasteiger partial charge in [-0.1, -0.05) is 12.1 Å². The minimum absolute atomic E-state index is 0.239. The fourth-order valence-corrected chi connectivity index (χ4v) is 5.19. The molecule has 0 bridgehead atoms. The molecule has 4 rings (SSSR count). The first kappa shape index (κ1) is 32.9. The molecule has 13 heteroatoms. The van der Waals surface area contributed by atoms with E-state index in [1.807, 2.05) is 12.1 Å². The Morgan fingerprint density at radius 3 is 1.82 bits per heavy atom. The molecule has 0 aromatic heterocycles. The first-order chi connectivity index (χ1) is 21.7. The number of amides is 2. The summed E-state index contributed by atoms with van der Waals surface area (Å²) in [6.07, 6.45) is 0. The van der Waals surface area contributed by atoms with Gasteiger partial charge in [0.2, 0.25) is 5.75 Å². The predicted octanol–water partition coefficient (Wildman–Crippen LogP) is 2.71. The number of aliphatic imine (C=N–C) groups is 1. The molecule has 1 aliphatic rings. The fourth-order valence-electron chi connectivity index (χ4n) is 5.19. The zero-order chi connectivity index (χ0) is 32.5. The van der Waals surface area contributed by atoms with Crippen molar-refractivity contribution in [2.75, 3.05) is 67.0 Å². The lowest BCUT2D eigenvalue weighted by Crippen LogP contribution is -2.45. The van der Waals surface area contributed by atoms with Gasteiger partial charge in [-0.3, -0.25) is 19.4 Å². The molecule has 0 spiro atoms. The van der Waals surface area contributed by atoms with Crippen LogP contribution in [0.15, 0.2) is 53.5 Å². The molecule has 0 saturated carbocycles. The van der Waals surface area contributed by atoms with Gasteiger partial charge in [0.1, 0.15) is 0 Å². The monoisotopic (exact) mass is 620 g/mol. The van der Waals surface area contributed by atoms with Crippen molar-refractivity contribution in [2.24, 2.45) is 16.5 Å². The molecule has 1 heterocycles. The summed E-state index contributed by atoms with van der Waals surface area (Å²) in [6.45, 7) is 4.43. The van der Waals surface area contributed by atoms with Crippen LogP contribution in [0.5, 0.6) is 28.7 Å². The van der Waals surface area contributed by atoms with Gasteiger partial charge >= 0.3 is 0 Å². The second-order valence-electron chi connectivity index (χ2n) is 10.3. The van der Waals surface area contributed by atoms with Crippen LogP contribution in [-0.4, -0.2) is 89.3 Å². The average Bonchev–Trinajstić information content (AvgIpc) is 3.05. The summed E-state index contributed by atoms with van der Waals surface area (Å²) in [6, 6.07) is 13.8. The standard InChI is InChI=1S/C32H40N6O7/c1-41-25-10-8-21(17-27(25)43-3)30(39)35-24-16-20(31(40)36-32(33)34)6-7-22(24)18-37-12-14-38(15-13-37)19-23-9-11-26(42-2)29(45-5)28(23)44-4/h6-11,16-17H,12-15,18-19H2,1-5H3,(H,35,39)(H4,33,34,36,40). The summed E-state index contributed by atoms with van der Waals surface area (Å²) >= 11 is 0. The van der Waals surface area contributed by atoms with E-state index in [0.717, 1.165) is 37.3 Å². The van der Waals surface area contributed by atoms with Crippen LogP contribution in [0.3, 0.4) is 0 Å². The summed E-state index contributed by atoms with van der Waals surface area (Å²) in [7, 11) is 7.84. The number of carbonyl (C=O) groups is 2. The smallest absolute Gasteiger partial charge is 0.280 e. The van der Waals surface area contributed by atoms with Gasteiger partial charge in [0.25, 0.3) is 11.8 Å². The van der Waals surface area contributed by atoms with Crippen LogP contribution in [0.2, 0.25) is 0 Å². The van der Waals surface area contributed by atoms with Crippen LogP contribution < -0.4 is 40.5 Å². The van der Waals surface area contributed by atoms with E-state index in [2.05, 4.69) is 20.1 Å². The van der Waals surface area contributed by atoms with Crippen molar-refractivity contribution >= 4 is 23.5 Å². The molecule has 0 unspecified atom stereocenters.